The van der Waals surface area contributed by atoms with Crippen LogP contribution in [-0.4, -0.2) is 31.5 Å². The van der Waals surface area contributed by atoms with Crippen molar-refractivity contribution in [3.63, 3.8) is 0 Å². The predicted octanol–water partition coefficient (Wildman–Crippen LogP) is 2.68. The van der Waals surface area contributed by atoms with Crippen LogP contribution < -0.4 is 5.32 Å². The lowest BCUT2D eigenvalue weighted by Gasteiger charge is -2.07. The van der Waals surface area contributed by atoms with Crippen molar-refractivity contribution >= 4 is 17.5 Å². The fourth-order valence-corrected chi connectivity index (χ4v) is 1.85. The number of carbonyl (C=O) groups is 1. The van der Waals surface area contributed by atoms with Gasteiger partial charge in [-0.1, -0.05) is 17.2 Å². The first-order valence-electron chi connectivity index (χ1n) is 6.13. The molecule has 1 aromatic carbocycles. The molecule has 0 bridgehead atoms. The lowest BCUT2D eigenvalue weighted by Crippen LogP contribution is -2.25. The van der Waals surface area contributed by atoms with Gasteiger partial charge in [-0.3, -0.25) is 4.79 Å². The molecule has 0 heterocycles. The van der Waals surface area contributed by atoms with Crippen molar-refractivity contribution < 1.29 is 9.53 Å². The number of aryl methyl sites for hydroxylation is 2. The molecule has 0 fully saturated rings. The molecule has 4 heteroatoms. The third-order valence-corrected chi connectivity index (χ3v) is 2.61. The second-order valence-electron chi connectivity index (χ2n) is 4.29. The van der Waals surface area contributed by atoms with E-state index in [2.05, 4.69) is 11.4 Å². The molecule has 1 rings (SSSR count). The van der Waals surface area contributed by atoms with E-state index in [0.29, 0.717) is 31.2 Å². The molecule has 0 radical (unpaired) electrons. The maximum Gasteiger partial charge on any atom is 0.251 e. The van der Waals surface area contributed by atoms with E-state index < -0.39 is 0 Å². The molecule has 0 saturated carbocycles. The SMILES string of the molecule is Cc1cc(C)cc(C(=O)NCCCOCCCl)c1. The van der Waals surface area contributed by atoms with E-state index in [1.54, 1.807) is 0 Å². The Morgan fingerprint density at radius 2 is 1.89 bits per heavy atom. The van der Waals surface area contributed by atoms with E-state index in [0.717, 1.165) is 17.5 Å². The maximum atomic E-state index is 11.9. The Bertz CT molecular complexity index is 373. The maximum absolute atomic E-state index is 11.9. The predicted molar refractivity (Wildman–Crippen MR) is 74.4 cm³/mol. The summed E-state index contributed by atoms with van der Waals surface area (Å²) in [5.74, 6) is 0.480. The molecule has 0 saturated heterocycles. The van der Waals surface area contributed by atoms with Crippen molar-refractivity contribution in [2.75, 3.05) is 25.6 Å². The monoisotopic (exact) mass is 269 g/mol. The normalized spacial score (nSPS) is 10.4. The van der Waals surface area contributed by atoms with Gasteiger partial charge in [-0.25, -0.2) is 0 Å². The number of benzene rings is 1. The lowest BCUT2D eigenvalue weighted by atomic mass is 10.1. The van der Waals surface area contributed by atoms with Crippen LogP contribution in [0.5, 0.6) is 0 Å². The van der Waals surface area contributed by atoms with Crippen molar-refractivity contribution in [1.29, 1.82) is 0 Å². The van der Waals surface area contributed by atoms with E-state index in [1.165, 1.54) is 0 Å². The second-order valence-corrected chi connectivity index (χ2v) is 4.67. The highest BCUT2D eigenvalue weighted by atomic mass is 35.5. The summed E-state index contributed by atoms with van der Waals surface area (Å²) in [4.78, 5) is 11.9. The number of amides is 1. The Balaban J connectivity index is 2.32. The standard InChI is InChI=1S/C14H20ClNO2/c1-11-8-12(2)10-13(9-11)14(17)16-5-3-6-18-7-4-15/h8-10H,3-7H2,1-2H3,(H,16,17). The first-order chi connectivity index (χ1) is 8.63. The zero-order valence-corrected chi connectivity index (χ0v) is 11.7. The Morgan fingerprint density at radius 3 is 2.50 bits per heavy atom. The van der Waals surface area contributed by atoms with E-state index in [-0.39, 0.29) is 5.91 Å². The summed E-state index contributed by atoms with van der Waals surface area (Å²) in [6.45, 7) is 5.79. The first kappa shape index (κ1) is 15.0. The molecule has 1 N–H and O–H groups in total. The van der Waals surface area contributed by atoms with E-state index in [4.69, 9.17) is 16.3 Å². The van der Waals surface area contributed by atoms with Gasteiger partial charge in [0.25, 0.3) is 5.91 Å². The molecule has 0 unspecified atom stereocenters. The van der Waals surface area contributed by atoms with E-state index >= 15 is 0 Å². The number of carbonyl (C=O) groups excluding carboxylic acids is 1. The molecule has 1 aromatic rings. The molecule has 3 nitrogen and oxygen atoms in total. The molecule has 0 aromatic heterocycles. The molecule has 0 atom stereocenters. The Morgan fingerprint density at radius 1 is 1.22 bits per heavy atom. The van der Waals surface area contributed by atoms with Gasteiger partial charge in [0.15, 0.2) is 0 Å². The lowest BCUT2D eigenvalue weighted by molar-refractivity contribution is 0.0944. The zero-order chi connectivity index (χ0) is 13.4. The number of rotatable bonds is 7. The van der Waals surface area contributed by atoms with Crippen LogP contribution in [0.1, 0.15) is 27.9 Å². The first-order valence-corrected chi connectivity index (χ1v) is 6.67. The molecular formula is C14H20ClNO2. The summed E-state index contributed by atoms with van der Waals surface area (Å²) >= 11 is 5.48. The van der Waals surface area contributed by atoms with Gasteiger partial charge in [0, 0.05) is 24.6 Å². The van der Waals surface area contributed by atoms with Gasteiger partial charge in [-0.05, 0) is 32.4 Å². The number of hydrogen-bond acceptors (Lipinski definition) is 2. The molecule has 100 valence electrons. The van der Waals surface area contributed by atoms with Crippen LogP contribution in [0.15, 0.2) is 18.2 Å². The van der Waals surface area contributed by atoms with Gasteiger partial charge >= 0.3 is 0 Å². The number of ether oxygens (including phenoxy) is 1. The van der Waals surface area contributed by atoms with Gasteiger partial charge in [0.1, 0.15) is 0 Å². The number of alkyl halides is 1. The summed E-state index contributed by atoms with van der Waals surface area (Å²) in [7, 11) is 0. The number of nitrogens with one attached hydrogen (secondary N) is 1. The van der Waals surface area contributed by atoms with Crippen molar-refractivity contribution in [1.82, 2.24) is 5.32 Å². The fourth-order valence-electron chi connectivity index (χ4n) is 1.74. The highest BCUT2D eigenvalue weighted by molar-refractivity contribution is 6.17. The summed E-state index contributed by atoms with van der Waals surface area (Å²) < 4.78 is 5.23. The quantitative estimate of drug-likeness (QED) is 0.611. The average Bonchev–Trinajstić information content (AvgIpc) is 2.32. The largest absolute Gasteiger partial charge is 0.380 e. The van der Waals surface area contributed by atoms with Crippen LogP contribution in [0.3, 0.4) is 0 Å². The molecular weight excluding hydrogens is 250 g/mol. The summed E-state index contributed by atoms with van der Waals surface area (Å²) in [5.41, 5.74) is 2.92. The minimum absolute atomic E-state index is 0.0286. The molecule has 18 heavy (non-hydrogen) atoms. The highest BCUT2D eigenvalue weighted by Gasteiger charge is 2.05. The smallest absolute Gasteiger partial charge is 0.251 e. The zero-order valence-electron chi connectivity index (χ0n) is 11.0. The highest BCUT2D eigenvalue weighted by Crippen LogP contribution is 2.08. The molecule has 0 aliphatic rings. The Labute approximate surface area is 113 Å². The topological polar surface area (TPSA) is 38.3 Å². The summed E-state index contributed by atoms with van der Waals surface area (Å²) in [6, 6.07) is 5.84. The second kappa shape index (κ2) is 8.11. The van der Waals surface area contributed by atoms with Gasteiger partial charge in [0.2, 0.25) is 0 Å². The third kappa shape index (κ3) is 5.52. The van der Waals surface area contributed by atoms with Crippen molar-refractivity contribution in [3.05, 3.63) is 34.9 Å². The van der Waals surface area contributed by atoms with E-state index in [9.17, 15) is 4.79 Å². The van der Waals surface area contributed by atoms with Crippen molar-refractivity contribution in [2.45, 2.75) is 20.3 Å². The summed E-state index contributed by atoms with van der Waals surface area (Å²) in [6.07, 6.45) is 0.799. The van der Waals surface area contributed by atoms with Crippen LogP contribution in [0, 0.1) is 13.8 Å². The minimum atomic E-state index is -0.0286. The van der Waals surface area contributed by atoms with Gasteiger partial charge < -0.3 is 10.1 Å². The van der Waals surface area contributed by atoms with Gasteiger partial charge in [0.05, 0.1) is 6.61 Å². The van der Waals surface area contributed by atoms with Crippen LogP contribution >= 0.6 is 11.6 Å². The van der Waals surface area contributed by atoms with Crippen molar-refractivity contribution in [3.8, 4) is 0 Å². The molecule has 0 aliphatic heterocycles. The summed E-state index contributed by atoms with van der Waals surface area (Å²) in [5, 5.41) is 2.88. The van der Waals surface area contributed by atoms with Crippen LogP contribution in [0.4, 0.5) is 0 Å². The van der Waals surface area contributed by atoms with Gasteiger partial charge in [-0.2, -0.15) is 0 Å². The Hall–Kier alpha value is -1.06. The number of hydrogen-bond donors (Lipinski definition) is 1. The molecule has 0 spiro atoms. The third-order valence-electron chi connectivity index (χ3n) is 2.46. The minimum Gasteiger partial charge on any atom is -0.380 e. The van der Waals surface area contributed by atoms with Crippen molar-refractivity contribution in [2.24, 2.45) is 0 Å². The average molecular weight is 270 g/mol. The molecule has 1 amide bonds. The van der Waals surface area contributed by atoms with E-state index in [1.807, 2.05) is 26.0 Å². The van der Waals surface area contributed by atoms with Crippen LogP contribution in [0.25, 0.3) is 0 Å². The fraction of sp³-hybridized carbons (Fsp3) is 0.500. The number of halogens is 1. The molecule has 0 aliphatic carbocycles. The van der Waals surface area contributed by atoms with Crippen LogP contribution in [0.2, 0.25) is 0 Å². The Kier molecular flexibility index (Phi) is 6.76. The van der Waals surface area contributed by atoms with Crippen LogP contribution in [-0.2, 0) is 4.74 Å². The van der Waals surface area contributed by atoms with Gasteiger partial charge in [-0.15, -0.1) is 11.6 Å².